The topological polar surface area (TPSA) is 58.3 Å². The standard InChI is InChI=1S/C7H9BrN2O/c8-4-5-1-2-6(10-9)3-7(5)11/h1-3,10-11H,4,9H2. The Balaban J connectivity index is 2.99. The van der Waals surface area contributed by atoms with Gasteiger partial charge in [-0.05, 0) is 6.07 Å². The number of rotatable bonds is 2. The predicted octanol–water partition coefficient (Wildman–Crippen LogP) is 1.57. The minimum Gasteiger partial charge on any atom is -0.508 e. The Morgan fingerprint density at radius 1 is 1.55 bits per heavy atom. The van der Waals surface area contributed by atoms with Gasteiger partial charge in [0.15, 0.2) is 0 Å². The fraction of sp³-hybridized carbons (Fsp3) is 0.143. The molecule has 1 rings (SSSR count). The third kappa shape index (κ3) is 1.85. The van der Waals surface area contributed by atoms with E-state index in [1.54, 1.807) is 18.2 Å². The van der Waals surface area contributed by atoms with E-state index in [2.05, 4.69) is 21.4 Å². The molecule has 4 heteroatoms. The zero-order chi connectivity index (χ0) is 8.27. The quantitative estimate of drug-likeness (QED) is 0.400. The monoisotopic (exact) mass is 216 g/mol. The first kappa shape index (κ1) is 8.36. The Bertz CT molecular complexity index is 252. The second-order valence-electron chi connectivity index (χ2n) is 2.12. The fourth-order valence-electron chi connectivity index (χ4n) is 0.767. The molecule has 0 bridgehead atoms. The second kappa shape index (κ2) is 3.59. The highest BCUT2D eigenvalue weighted by molar-refractivity contribution is 9.08. The highest BCUT2D eigenvalue weighted by Crippen LogP contribution is 2.22. The summed E-state index contributed by atoms with van der Waals surface area (Å²) in [7, 11) is 0. The summed E-state index contributed by atoms with van der Waals surface area (Å²) in [5.74, 6) is 5.38. The lowest BCUT2D eigenvalue weighted by Gasteiger charge is -2.03. The van der Waals surface area contributed by atoms with Crippen LogP contribution >= 0.6 is 15.9 Å². The number of nitrogen functional groups attached to an aromatic ring is 1. The van der Waals surface area contributed by atoms with E-state index in [1.165, 1.54) is 0 Å². The van der Waals surface area contributed by atoms with E-state index in [-0.39, 0.29) is 5.75 Å². The average molecular weight is 217 g/mol. The van der Waals surface area contributed by atoms with Gasteiger partial charge in [0.2, 0.25) is 0 Å². The molecule has 0 amide bonds. The van der Waals surface area contributed by atoms with E-state index in [0.717, 1.165) is 5.56 Å². The second-order valence-corrected chi connectivity index (χ2v) is 2.68. The highest BCUT2D eigenvalue weighted by Gasteiger charge is 1.98. The molecule has 60 valence electrons. The first-order chi connectivity index (χ1) is 5.27. The smallest absolute Gasteiger partial charge is 0.121 e. The van der Waals surface area contributed by atoms with Crippen LogP contribution in [0.5, 0.6) is 5.75 Å². The number of nitrogens with one attached hydrogen (secondary N) is 1. The molecule has 0 aliphatic carbocycles. The molecule has 0 saturated carbocycles. The van der Waals surface area contributed by atoms with Gasteiger partial charge < -0.3 is 10.5 Å². The fourth-order valence-corrected chi connectivity index (χ4v) is 1.24. The first-order valence-electron chi connectivity index (χ1n) is 3.12. The van der Waals surface area contributed by atoms with E-state index in [9.17, 15) is 5.11 Å². The SMILES string of the molecule is NNc1ccc(CBr)c(O)c1. The molecule has 0 aromatic heterocycles. The lowest BCUT2D eigenvalue weighted by atomic mass is 10.2. The van der Waals surface area contributed by atoms with Gasteiger partial charge in [0.25, 0.3) is 0 Å². The molecule has 0 unspecified atom stereocenters. The number of hydrogen-bond donors (Lipinski definition) is 3. The van der Waals surface area contributed by atoms with Crippen molar-refractivity contribution in [2.75, 3.05) is 5.43 Å². The Labute approximate surface area is 73.3 Å². The largest absolute Gasteiger partial charge is 0.508 e. The number of hydrogen-bond acceptors (Lipinski definition) is 3. The van der Waals surface area contributed by atoms with Crippen LogP contribution in [0.2, 0.25) is 0 Å². The van der Waals surface area contributed by atoms with E-state index >= 15 is 0 Å². The van der Waals surface area contributed by atoms with Gasteiger partial charge >= 0.3 is 0 Å². The lowest BCUT2D eigenvalue weighted by molar-refractivity contribution is 0.471. The van der Waals surface area contributed by atoms with E-state index in [1.807, 2.05) is 0 Å². The maximum atomic E-state index is 9.30. The third-order valence-corrected chi connectivity index (χ3v) is 2.00. The average Bonchev–Trinajstić information content (AvgIpc) is 2.04. The van der Waals surface area contributed by atoms with Crippen molar-refractivity contribution >= 4 is 21.6 Å². The van der Waals surface area contributed by atoms with Crippen LogP contribution in [0.4, 0.5) is 5.69 Å². The summed E-state index contributed by atoms with van der Waals surface area (Å²) in [5, 5.41) is 9.94. The van der Waals surface area contributed by atoms with Crippen molar-refractivity contribution in [2.45, 2.75) is 5.33 Å². The van der Waals surface area contributed by atoms with Crippen molar-refractivity contribution in [3.8, 4) is 5.75 Å². The molecule has 11 heavy (non-hydrogen) atoms. The van der Waals surface area contributed by atoms with Gasteiger partial charge in [-0.2, -0.15) is 0 Å². The molecular weight excluding hydrogens is 208 g/mol. The summed E-state index contributed by atoms with van der Waals surface area (Å²) in [5.41, 5.74) is 4.00. The molecule has 1 aromatic carbocycles. The number of benzene rings is 1. The summed E-state index contributed by atoms with van der Waals surface area (Å²) in [6.07, 6.45) is 0. The van der Waals surface area contributed by atoms with E-state index < -0.39 is 0 Å². The molecule has 3 nitrogen and oxygen atoms in total. The van der Waals surface area contributed by atoms with Crippen LogP contribution in [0.3, 0.4) is 0 Å². The van der Waals surface area contributed by atoms with Crippen molar-refractivity contribution in [1.82, 2.24) is 0 Å². The number of phenolic OH excluding ortho intramolecular Hbond substituents is 1. The number of phenols is 1. The molecule has 0 heterocycles. The number of anilines is 1. The Hall–Kier alpha value is -0.740. The van der Waals surface area contributed by atoms with Crippen molar-refractivity contribution in [3.05, 3.63) is 23.8 Å². The summed E-state index contributed by atoms with van der Waals surface area (Å²) in [6, 6.07) is 5.19. The molecule has 0 aliphatic heterocycles. The molecule has 1 aromatic rings. The van der Waals surface area contributed by atoms with Crippen LogP contribution in [0.15, 0.2) is 18.2 Å². The van der Waals surface area contributed by atoms with E-state index in [0.29, 0.717) is 11.0 Å². The van der Waals surface area contributed by atoms with Crippen molar-refractivity contribution in [3.63, 3.8) is 0 Å². The third-order valence-electron chi connectivity index (χ3n) is 1.40. The summed E-state index contributed by atoms with van der Waals surface area (Å²) < 4.78 is 0. The highest BCUT2D eigenvalue weighted by atomic mass is 79.9. The van der Waals surface area contributed by atoms with E-state index in [4.69, 9.17) is 5.84 Å². The van der Waals surface area contributed by atoms with Gasteiger partial charge in [-0.1, -0.05) is 22.0 Å². The van der Waals surface area contributed by atoms with Gasteiger partial charge in [0.1, 0.15) is 5.75 Å². The van der Waals surface area contributed by atoms with Crippen molar-refractivity contribution < 1.29 is 5.11 Å². The normalized spacial score (nSPS) is 9.64. The Kier molecular flexibility index (Phi) is 2.73. The number of nitrogens with two attached hydrogens (primary N) is 1. The van der Waals surface area contributed by atoms with Gasteiger partial charge in [0, 0.05) is 17.0 Å². The lowest BCUT2D eigenvalue weighted by Crippen LogP contribution is -2.06. The molecule has 0 fully saturated rings. The summed E-state index contributed by atoms with van der Waals surface area (Å²) >= 11 is 3.24. The van der Waals surface area contributed by atoms with Crippen molar-refractivity contribution in [1.29, 1.82) is 0 Å². The summed E-state index contributed by atoms with van der Waals surface area (Å²) in [4.78, 5) is 0. The minimum absolute atomic E-state index is 0.248. The van der Waals surface area contributed by atoms with Crippen molar-refractivity contribution in [2.24, 2.45) is 5.84 Å². The molecular formula is C7H9BrN2O. The van der Waals surface area contributed by atoms with Crippen LogP contribution in [0, 0.1) is 0 Å². The maximum absolute atomic E-state index is 9.30. The number of alkyl halides is 1. The molecule has 0 spiro atoms. The zero-order valence-electron chi connectivity index (χ0n) is 5.84. The van der Waals surface area contributed by atoms with Gasteiger partial charge in [-0.3, -0.25) is 5.84 Å². The number of halogens is 1. The molecule has 4 N–H and O–H groups in total. The van der Waals surface area contributed by atoms with Crippen LogP contribution in [0.25, 0.3) is 0 Å². The Morgan fingerprint density at radius 2 is 2.27 bits per heavy atom. The summed E-state index contributed by atoms with van der Waals surface area (Å²) in [6.45, 7) is 0. The van der Waals surface area contributed by atoms with Crippen LogP contribution in [0.1, 0.15) is 5.56 Å². The van der Waals surface area contributed by atoms with Crippen LogP contribution in [-0.2, 0) is 5.33 Å². The molecule has 0 saturated heterocycles. The number of hydrazine groups is 1. The Morgan fingerprint density at radius 3 is 2.73 bits per heavy atom. The molecule has 0 radical (unpaired) electrons. The first-order valence-corrected chi connectivity index (χ1v) is 4.24. The van der Waals surface area contributed by atoms with Gasteiger partial charge in [-0.25, -0.2) is 0 Å². The zero-order valence-corrected chi connectivity index (χ0v) is 7.43. The van der Waals surface area contributed by atoms with Crippen LogP contribution in [-0.4, -0.2) is 5.11 Å². The maximum Gasteiger partial charge on any atom is 0.121 e. The van der Waals surface area contributed by atoms with Crippen LogP contribution < -0.4 is 11.3 Å². The molecule has 0 atom stereocenters. The van der Waals surface area contributed by atoms with Gasteiger partial charge in [0.05, 0.1) is 5.69 Å². The number of aromatic hydroxyl groups is 1. The predicted molar refractivity (Wildman–Crippen MR) is 48.5 cm³/mol. The molecule has 0 aliphatic rings. The van der Waals surface area contributed by atoms with Gasteiger partial charge in [-0.15, -0.1) is 0 Å². The minimum atomic E-state index is 0.248.